The van der Waals surface area contributed by atoms with E-state index >= 15 is 0 Å². The van der Waals surface area contributed by atoms with Crippen molar-refractivity contribution < 1.29 is 5.11 Å². The Labute approximate surface area is 156 Å². The number of unbranched alkanes of at least 4 members (excludes halogenated alkanes) is 11. The number of hydrogen-bond donors (Lipinski definition) is 1. The third kappa shape index (κ3) is 12.2. The Morgan fingerprint density at radius 1 is 0.880 bits per heavy atom. The molecule has 0 atom stereocenters. The minimum Gasteiger partial charge on any atom is -0.395 e. The minimum absolute atomic E-state index is 0.244. The highest BCUT2D eigenvalue weighted by Gasteiger charge is 2.14. The van der Waals surface area contributed by atoms with Gasteiger partial charge in [-0.25, -0.2) is 0 Å². The standard InChI is InChI=1S/C22H42N2O/c1-2-3-4-5-6-7-8-9-10-11-12-13-14-15-16-17-22-23-18-19-24(22)20-21-25/h5-6,25H,2-4,7-21H2,1H3/b6-5+. The lowest BCUT2D eigenvalue weighted by Crippen LogP contribution is -2.30. The van der Waals surface area contributed by atoms with Gasteiger partial charge in [0.15, 0.2) is 0 Å². The summed E-state index contributed by atoms with van der Waals surface area (Å²) in [7, 11) is 0. The third-order valence-corrected chi connectivity index (χ3v) is 5.06. The molecule has 0 aliphatic carbocycles. The van der Waals surface area contributed by atoms with Crippen LogP contribution < -0.4 is 0 Å². The van der Waals surface area contributed by atoms with E-state index in [-0.39, 0.29) is 6.61 Å². The Morgan fingerprint density at radius 3 is 2.12 bits per heavy atom. The van der Waals surface area contributed by atoms with Crippen LogP contribution in [0, 0.1) is 0 Å². The molecule has 146 valence electrons. The van der Waals surface area contributed by atoms with Crippen LogP contribution in [0.15, 0.2) is 17.1 Å². The summed E-state index contributed by atoms with van der Waals surface area (Å²) >= 11 is 0. The number of hydrogen-bond acceptors (Lipinski definition) is 3. The lowest BCUT2D eigenvalue weighted by Gasteiger charge is -2.18. The molecule has 0 unspecified atom stereocenters. The Hall–Kier alpha value is -0.830. The summed E-state index contributed by atoms with van der Waals surface area (Å²) in [6.07, 6.45) is 23.4. The van der Waals surface area contributed by atoms with Gasteiger partial charge in [-0.05, 0) is 25.7 Å². The van der Waals surface area contributed by atoms with Crippen LogP contribution >= 0.6 is 0 Å². The summed E-state index contributed by atoms with van der Waals surface area (Å²) in [4.78, 5) is 6.81. The van der Waals surface area contributed by atoms with Crippen LogP contribution in [-0.4, -0.2) is 42.1 Å². The second-order valence-corrected chi connectivity index (χ2v) is 7.34. The highest BCUT2D eigenvalue weighted by Crippen LogP contribution is 2.13. The summed E-state index contributed by atoms with van der Waals surface area (Å²) < 4.78 is 0. The number of allylic oxidation sites excluding steroid dienone is 2. The molecule has 0 fully saturated rings. The molecule has 0 bridgehead atoms. The number of aliphatic hydroxyl groups excluding tert-OH is 1. The SMILES string of the molecule is CCCC/C=C/CCCCCCCCCCCC1=NCCN1CCO. The van der Waals surface area contributed by atoms with Gasteiger partial charge in [-0.2, -0.15) is 0 Å². The molecule has 3 heteroatoms. The van der Waals surface area contributed by atoms with E-state index in [4.69, 9.17) is 5.11 Å². The molecule has 0 aromatic heterocycles. The molecule has 0 spiro atoms. The van der Waals surface area contributed by atoms with Crippen LogP contribution in [0.2, 0.25) is 0 Å². The smallest absolute Gasteiger partial charge is 0.0991 e. The molecule has 1 heterocycles. The Kier molecular flexibility index (Phi) is 14.8. The number of aliphatic imine (C=N–C) groups is 1. The van der Waals surface area contributed by atoms with Gasteiger partial charge in [-0.3, -0.25) is 4.99 Å². The van der Waals surface area contributed by atoms with E-state index in [1.807, 2.05) is 0 Å². The van der Waals surface area contributed by atoms with Crippen molar-refractivity contribution in [2.45, 2.75) is 96.8 Å². The minimum atomic E-state index is 0.244. The molecule has 1 aliphatic rings. The second kappa shape index (κ2) is 16.6. The van der Waals surface area contributed by atoms with Crippen LogP contribution in [0.5, 0.6) is 0 Å². The van der Waals surface area contributed by atoms with E-state index in [1.165, 1.54) is 89.3 Å². The fraction of sp³-hybridized carbons (Fsp3) is 0.864. The molecule has 1 N–H and O–H groups in total. The van der Waals surface area contributed by atoms with Gasteiger partial charge in [0.25, 0.3) is 0 Å². The Bertz CT molecular complexity index is 352. The van der Waals surface area contributed by atoms with Crippen LogP contribution in [0.25, 0.3) is 0 Å². The number of aliphatic hydroxyl groups is 1. The lowest BCUT2D eigenvalue weighted by atomic mass is 10.1. The first kappa shape index (κ1) is 22.2. The normalized spacial score (nSPS) is 14.6. The average molecular weight is 351 g/mol. The van der Waals surface area contributed by atoms with Crippen molar-refractivity contribution in [3.05, 3.63) is 12.2 Å². The quantitative estimate of drug-likeness (QED) is 0.268. The number of amidine groups is 1. The van der Waals surface area contributed by atoms with Gasteiger partial charge in [-0.15, -0.1) is 0 Å². The van der Waals surface area contributed by atoms with Crippen LogP contribution in [0.1, 0.15) is 96.8 Å². The lowest BCUT2D eigenvalue weighted by molar-refractivity contribution is 0.255. The van der Waals surface area contributed by atoms with Crippen molar-refractivity contribution >= 4 is 5.84 Å². The third-order valence-electron chi connectivity index (χ3n) is 5.06. The summed E-state index contributed by atoms with van der Waals surface area (Å²) in [5.41, 5.74) is 0. The maximum Gasteiger partial charge on any atom is 0.0991 e. The predicted octanol–water partition coefficient (Wildman–Crippen LogP) is 5.73. The van der Waals surface area contributed by atoms with Gasteiger partial charge < -0.3 is 10.0 Å². The topological polar surface area (TPSA) is 35.8 Å². The maximum atomic E-state index is 9.05. The molecule has 0 amide bonds. The summed E-state index contributed by atoms with van der Waals surface area (Å²) in [5.74, 6) is 1.23. The van der Waals surface area contributed by atoms with Gasteiger partial charge in [0.2, 0.25) is 0 Å². The highest BCUT2D eigenvalue weighted by atomic mass is 16.3. The Balaban J connectivity index is 1.80. The monoisotopic (exact) mass is 350 g/mol. The molecular weight excluding hydrogens is 308 g/mol. The van der Waals surface area contributed by atoms with Crippen LogP contribution in [-0.2, 0) is 0 Å². The fourth-order valence-electron chi connectivity index (χ4n) is 3.47. The fourth-order valence-corrected chi connectivity index (χ4v) is 3.47. The largest absolute Gasteiger partial charge is 0.395 e. The molecule has 3 nitrogen and oxygen atoms in total. The second-order valence-electron chi connectivity index (χ2n) is 7.34. The van der Waals surface area contributed by atoms with Crippen molar-refractivity contribution in [1.29, 1.82) is 0 Å². The zero-order valence-corrected chi connectivity index (χ0v) is 16.7. The van der Waals surface area contributed by atoms with E-state index in [2.05, 4.69) is 29.0 Å². The number of nitrogens with zero attached hydrogens (tertiary/aromatic N) is 2. The van der Waals surface area contributed by atoms with Crippen LogP contribution in [0.3, 0.4) is 0 Å². The predicted molar refractivity (Wildman–Crippen MR) is 110 cm³/mol. The van der Waals surface area contributed by atoms with E-state index in [0.29, 0.717) is 0 Å². The van der Waals surface area contributed by atoms with Gasteiger partial charge >= 0.3 is 0 Å². The first-order chi connectivity index (χ1) is 12.4. The number of rotatable bonds is 17. The van der Waals surface area contributed by atoms with E-state index in [9.17, 15) is 0 Å². The van der Waals surface area contributed by atoms with E-state index < -0.39 is 0 Å². The maximum absolute atomic E-state index is 9.05. The first-order valence-corrected chi connectivity index (χ1v) is 10.9. The van der Waals surface area contributed by atoms with Gasteiger partial charge in [-0.1, -0.05) is 76.9 Å². The van der Waals surface area contributed by atoms with Gasteiger partial charge in [0, 0.05) is 19.5 Å². The van der Waals surface area contributed by atoms with Crippen LogP contribution in [0.4, 0.5) is 0 Å². The van der Waals surface area contributed by atoms with Crippen molar-refractivity contribution in [1.82, 2.24) is 4.90 Å². The molecule has 0 saturated carbocycles. The van der Waals surface area contributed by atoms with Crippen molar-refractivity contribution in [3.8, 4) is 0 Å². The molecule has 1 aliphatic heterocycles. The zero-order valence-electron chi connectivity index (χ0n) is 16.7. The molecule has 25 heavy (non-hydrogen) atoms. The number of β-amino-alcohol motifs (C(OH)–C–C–N with tert-alkyl or cyclic N) is 1. The van der Waals surface area contributed by atoms with E-state index in [1.54, 1.807) is 0 Å². The Morgan fingerprint density at radius 2 is 1.48 bits per heavy atom. The van der Waals surface area contributed by atoms with Crippen molar-refractivity contribution in [3.63, 3.8) is 0 Å². The van der Waals surface area contributed by atoms with Crippen molar-refractivity contribution in [2.75, 3.05) is 26.2 Å². The van der Waals surface area contributed by atoms with Gasteiger partial charge in [0.05, 0.1) is 19.0 Å². The summed E-state index contributed by atoms with van der Waals surface area (Å²) in [6, 6.07) is 0. The summed E-state index contributed by atoms with van der Waals surface area (Å²) in [5, 5.41) is 9.05. The molecule has 0 saturated heterocycles. The zero-order chi connectivity index (χ0) is 18.0. The van der Waals surface area contributed by atoms with Gasteiger partial charge in [0.1, 0.15) is 0 Å². The van der Waals surface area contributed by atoms with Crippen molar-refractivity contribution in [2.24, 2.45) is 4.99 Å². The van der Waals surface area contributed by atoms with E-state index in [0.717, 1.165) is 26.1 Å². The molecule has 0 aromatic carbocycles. The molecule has 0 radical (unpaired) electrons. The molecule has 1 rings (SSSR count). The average Bonchev–Trinajstić information content (AvgIpc) is 3.06. The summed E-state index contributed by atoms with van der Waals surface area (Å²) in [6.45, 7) is 5.18. The molecule has 0 aromatic rings. The highest BCUT2D eigenvalue weighted by molar-refractivity contribution is 5.83. The first-order valence-electron chi connectivity index (χ1n) is 10.9. The molecular formula is C22H42N2O.